The first-order valence-electron chi connectivity index (χ1n) is 5.70. The van der Waals surface area contributed by atoms with E-state index in [9.17, 15) is 8.42 Å². The lowest BCUT2D eigenvalue weighted by Gasteiger charge is -2.22. The van der Waals surface area contributed by atoms with E-state index in [1.54, 1.807) is 42.6 Å². The highest BCUT2D eigenvalue weighted by atomic mass is 32.2. The second-order valence-electron chi connectivity index (χ2n) is 4.19. The summed E-state index contributed by atoms with van der Waals surface area (Å²) < 4.78 is 25.1. The molecular weight excluding hydrogens is 262 g/mol. The maximum Gasteiger partial charge on any atom is 0.232 e. The van der Waals surface area contributed by atoms with E-state index in [4.69, 9.17) is 5.73 Å². The summed E-state index contributed by atoms with van der Waals surface area (Å²) in [5.41, 5.74) is 7.43. The standard InChI is InChI=1S/C13H15N3O2S/c1-19(17,18)16(10-12-6-2-3-8-15-12)13-7-4-5-11(14)9-13/h2-9H,10,14H2,1H3. The number of hydrogen-bond donors (Lipinski definition) is 1. The van der Waals surface area contributed by atoms with Gasteiger partial charge in [0.2, 0.25) is 10.0 Å². The van der Waals surface area contributed by atoms with Gasteiger partial charge in [0.15, 0.2) is 0 Å². The van der Waals surface area contributed by atoms with Gasteiger partial charge in [-0.1, -0.05) is 12.1 Å². The minimum absolute atomic E-state index is 0.184. The molecule has 2 N–H and O–H groups in total. The Morgan fingerprint density at radius 2 is 2.00 bits per heavy atom. The molecular formula is C13H15N3O2S. The molecule has 0 fully saturated rings. The normalized spacial score (nSPS) is 11.2. The zero-order valence-electron chi connectivity index (χ0n) is 10.5. The second-order valence-corrected chi connectivity index (χ2v) is 6.09. The molecule has 0 atom stereocenters. The fourth-order valence-electron chi connectivity index (χ4n) is 1.72. The molecule has 2 rings (SSSR count). The number of nitrogens with two attached hydrogens (primary N) is 1. The molecule has 0 amide bonds. The van der Waals surface area contributed by atoms with Crippen molar-refractivity contribution in [1.82, 2.24) is 4.98 Å². The van der Waals surface area contributed by atoms with E-state index in [-0.39, 0.29) is 6.54 Å². The highest BCUT2D eigenvalue weighted by molar-refractivity contribution is 7.92. The van der Waals surface area contributed by atoms with Crippen LogP contribution in [0, 0.1) is 0 Å². The predicted molar refractivity (Wildman–Crippen MR) is 76.1 cm³/mol. The zero-order valence-corrected chi connectivity index (χ0v) is 11.3. The highest BCUT2D eigenvalue weighted by Crippen LogP contribution is 2.22. The van der Waals surface area contributed by atoms with Crippen LogP contribution in [0.1, 0.15) is 5.69 Å². The van der Waals surface area contributed by atoms with Crippen LogP contribution in [-0.2, 0) is 16.6 Å². The molecule has 0 saturated carbocycles. The van der Waals surface area contributed by atoms with E-state index in [1.165, 1.54) is 10.6 Å². The van der Waals surface area contributed by atoms with Gasteiger partial charge in [-0.05, 0) is 30.3 Å². The van der Waals surface area contributed by atoms with E-state index < -0.39 is 10.0 Å². The third-order valence-corrected chi connectivity index (χ3v) is 3.73. The number of benzene rings is 1. The van der Waals surface area contributed by atoms with Gasteiger partial charge >= 0.3 is 0 Å². The molecule has 0 unspecified atom stereocenters. The Bertz CT molecular complexity index is 657. The molecule has 0 spiro atoms. The highest BCUT2D eigenvalue weighted by Gasteiger charge is 2.18. The Morgan fingerprint density at radius 3 is 2.58 bits per heavy atom. The lowest BCUT2D eigenvalue weighted by molar-refractivity contribution is 0.596. The Hall–Kier alpha value is -2.08. The summed E-state index contributed by atoms with van der Waals surface area (Å²) >= 11 is 0. The number of pyridine rings is 1. The maximum absolute atomic E-state index is 11.9. The largest absolute Gasteiger partial charge is 0.399 e. The van der Waals surface area contributed by atoms with Crippen molar-refractivity contribution >= 4 is 21.4 Å². The molecule has 0 aliphatic carbocycles. The average molecular weight is 277 g/mol. The fraction of sp³-hybridized carbons (Fsp3) is 0.154. The van der Waals surface area contributed by atoms with Crippen molar-refractivity contribution < 1.29 is 8.42 Å². The van der Waals surface area contributed by atoms with Crippen LogP contribution in [0.2, 0.25) is 0 Å². The molecule has 100 valence electrons. The Kier molecular flexibility index (Phi) is 3.71. The smallest absolute Gasteiger partial charge is 0.232 e. The molecule has 0 saturated heterocycles. The zero-order chi connectivity index (χ0) is 13.9. The van der Waals surface area contributed by atoms with Gasteiger partial charge < -0.3 is 5.73 Å². The molecule has 1 aromatic carbocycles. The first-order valence-corrected chi connectivity index (χ1v) is 7.55. The van der Waals surface area contributed by atoms with Crippen molar-refractivity contribution in [3.05, 3.63) is 54.4 Å². The summed E-state index contributed by atoms with van der Waals surface area (Å²) in [5.74, 6) is 0. The molecule has 2 aromatic rings. The number of rotatable bonds is 4. The molecule has 0 radical (unpaired) electrons. The Balaban J connectivity index is 2.38. The SMILES string of the molecule is CS(=O)(=O)N(Cc1ccccn1)c1cccc(N)c1. The summed E-state index contributed by atoms with van der Waals surface area (Å²) in [6.45, 7) is 0.184. The number of nitrogen functional groups attached to an aromatic ring is 1. The van der Waals surface area contributed by atoms with Gasteiger partial charge in [-0.2, -0.15) is 0 Å². The van der Waals surface area contributed by atoms with Crippen LogP contribution < -0.4 is 10.0 Å². The van der Waals surface area contributed by atoms with E-state index >= 15 is 0 Å². The minimum Gasteiger partial charge on any atom is -0.399 e. The summed E-state index contributed by atoms with van der Waals surface area (Å²) in [6.07, 6.45) is 2.80. The van der Waals surface area contributed by atoms with Crippen LogP contribution in [0.15, 0.2) is 48.7 Å². The first kappa shape index (κ1) is 13.4. The van der Waals surface area contributed by atoms with E-state index in [2.05, 4.69) is 4.98 Å². The van der Waals surface area contributed by atoms with Gasteiger partial charge in [0.25, 0.3) is 0 Å². The molecule has 6 heteroatoms. The molecule has 0 aliphatic heterocycles. The van der Waals surface area contributed by atoms with Crippen molar-refractivity contribution in [3.8, 4) is 0 Å². The molecule has 1 heterocycles. The number of sulfonamides is 1. The third-order valence-electron chi connectivity index (χ3n) is 2.59. The van der Waals surface area contributed by atoms with E-state index in [0.29, 0.717) is 17.1 Å². The topological polar surface area (TPSA) is 76.3 Å². The van der Waals surface area contributed by atoms with Crippen LogP contribution in [0.25, 0.3) is 0 Å². The van der Waals surface area contributed by atoms with Gasteiger partial charge in [0, 0.05) is 11.9 Å². The Labute approximate surface area is 112 Å². The van der Waals surface area contributed by atoms with Crippen molar-refractivity contribution in [2.24, 2.45) is 0 Å². The van der Waals surface area contributed by atoms with Crippen LogP contribution in [0.5, 0.6) is 0 Å². The molecule has 0 bridgehead atoms. The van der Waals surface area contributed by atoms with E-state index in [1.807, 2.05) is 6.07 Å². The van der Waals surface area contributed by atoms with Crippen LogP contribution >= 0.6 is 0 Å². The van der Waals surface area contributed by atoms with Crippen molar-refractivity contribution in [2.45, 2.75) is 6.54 Å². The molecule has 19 heavy (non-hydrogen) atoms. The first-order chi connectivity index (χ1) is 8.97. The number of anilines is 2. The van der Waals surface area contributed by atoms with Crippen molar-refractivity contribution in [2.75, 3.05) is 16.3 Å². The van der Waals surface area contributed by atoms with E-state index in [0.717, 1.165) is 0 Å². The monoisotopic (exact) mass is 277 g/mol. The number of nitrogens with zero attached hydrogens (tertiary/aromatic N) is 2. The van der Waals surface area contributed by atoms with Crippen LogP contribution in [0.4, 0.5) is 11.4 Å². The predicted octanol–water partition coefficient (Wildman–Crippen LogP) is 1.63. The summed E-state index contributed by atoms with van der Waals surface area (Å²) in [5, 5.41) is 0. The van der Waals surface area contributed by atoms with Gasteiger partial charge in [-0.15, -0.1) is 0 Å². The number of hydrogen-bond acceptors (Lipinski definition) is 4. The van der Waals surface area contributed by atoms with Crippen molar-refractivity contribution in [3.63, 3.8) is 0 Å². The van der Waals surface area contributed by atoms with Gasteiger partial charge in [-0.3, -0.25) is 9.29 Å². The summed E-state index contributed by atoms with van der Waals surface area (Å²) in [7, 11) is -3.40. The van der Waals surface area contributed by atoms with Gasteiger partial charge in [0.1, 0.15) is 0 Å². The van der Waals surface area contributed by atoms with Gasteiger partial charge in [-0.25, -0.2) is 8.42 Å². The molecule has 1 aromatic heterocycles. The minimum atomic E-state index is -3.40. The third kappa shape index (κ3) is 3.45. The summed E-state index contributed by atoms with van der Waals surface area (Å²) in [6, 6.07) is 12.2. The second kappa shape index (κ2) is 5.27. The number of aromatic nitrogens is 1. The quantitative estimate of drug-likeness (QED) is 0.862. The van der Waals surface area contributed by atoms with Gasteiger partial charge in [0.05, 0.1) is 24.2 Å². The molecule has 0 aliphatic rings. The lowest BCUT2D eigenvalue weighted by Crippen LogP contribution is -2.29. The maximum atomic E-state index is 11.9. The average Bonchev–Trinajstić information content (AvgIpc) is 2.36. The lowest BCUT2D eigenvalue weighted by atomic mass is 10.2. The summed E-state index contributed by atoms with van der Waals surface area (Å²) in [4.78, 5) is 4.14. The van der Waals surface area contributed by atoms with Crippen LogP contribution in [-0.4, -0.2) is 19.7 Å². The fourth-order valence-corrected chi connectivity index (χ4v) is 2.58. The molecule has 5 nitrogen and oxygen atoms in total. The van der Waals surface area contributed by atoms with Crippen molar-refractivity contribution in [1.29, 1.82) is 0 Å². The van der Waals surface area contributed by atoms with Crippen LogP contribution in [0.3, 0.4) is 0 Å². The Morgan fingerprint density at radius 1 is 1.21 bits per heavy atom.